The Morgan fingerprint density at radius 2 is 2.05 bits per heavy atom. The standard InChI is InChI=1S/C15H21NO2S.ClH/c1-16(7-9-17)8-11-18-10-5-13-3-2-4-15-14(13)6-12-19-15;/h2-4,6,12,17H,5,7-11H2,1H3;1H. The molecule has 20 heavy (non-hydrogen) atoms. The number of nitrogens with zero attached hydrogens (tertiary/aromatic N) is 1. The van der Waals surface area contributed by atoms with Crippen molar-refractivity contribution in [3.63, 3.8) is 0 Å². The normalized spacial score (nSPS) is 10.9. The molecule has 0 spiro atoms. The number of hydrogen-bond acceptors (Lipinski definition) is 4. The van der Waals surface area contributed by atoms with Crippen molar-refractivity contribution in [1.82, 2.24) is 4.90 Å². The summed E-state index contributed by atoms with van der Waals surface area (Å²) in [7, 11) is 1.99. The SMILES string of the molecule is CN(CCO)CCOCCc1cccc2sccc12.Cl. The van der Waals surface area contributed by atoms with Gasteiger partial charge in [-0.1, -0.05) is 12.1 Å². The molecule has 2 rings (SSSR count). The van der Waals surface area contributed by atoms with E-state index in [1.54, 1.807) is 11.3 Å². The van der Waals surface area contributed by atoms with Gasteiger partial charge in [-0.15, -0.1) is 23.7 Å². The molecule has 1 aromatic carbocycles. The Labute approximate surface area is 130 Å². The summed E-state index contributed by atoms with van der Waals surface area (Å²) < 4.78 is 7.01. The number of thiophene rings is 1. The van der Waals surface area contributed by atoms with Crippen molar-refractivity contribution in [2.24, 2.45) is 0 Å². The number of halogens is 1. The van der Waals surface area contributed by atoms with Gasteiger partial charge < -0.3 is 14.7 Å². The zero-order valence-corrected chi connectivity index (χ0v) is 13.4. The second kappa shape index (κ2) is 9.32. The van der Waals surface area contributed by atoms with Crippen LogP contribution in [0.1, 0.15) is 5.56 Å². The smallest absolute Gasteiger partial charge is 0.0593 e. The lowest BCUT2D eigenvalue weighted by Gasteiger charge is -2.14. The maximum Gasteiger partial charge on any atom is 0.0593 e. The van der Waals surface area contributed by atoms with Crippen LogP contribution >= 0.6 is 23.7 Å². The van der Waals surface area contributed by atoms with Gasteiger partial charge in [0.05, 0.1) is 19.8 Å². The van der Waals surface area contributed by atoms with E-state index in [1.165, 1.54) is 15.6 Å². The summed E-state index contributed by atoms with van der Waals surface area (Å²) in [5.41, 5.74) is 1.36. The minimum Gasteiger partial charge on any atom is -0.395 e. The lowest BCUT2D eigenvalue weighted by atomic mass is 10.1. The van der Waals surface area contributed by atoms with Crippen LogP contribution in [-0.2, 0) is 11.2 Å². The highest BCUT2D eigenvalue weighted by atomic mass is 35.5. The van der Waals surface area contributed by atoms with Crippen LogP contribution < -0.4 is 0 Å². The van der Waals surface area contributed by atoms with Gasteiger partial charge in [-0.25, -0.2) is 0 Å². The van der Waals surface area contributed by atoms with E-state index in [1.807, 2.05) is 7.05 Å². The van der Waals surface area contributed by atoms with Gasteiger partial charge in [0, 0.05) is 17.8 Å². The van der Waals surface area contributed by atoms with E-state index in [0.29, 0.717) is 6.54 Å². The monoisotopic (exact) mass is 315 g/mol. The molecule has 0 aliphatic carbocycles. The maximum atomic E-state index is 8.79. The molecule has 0 bridgehead atoms. The molecule has 3 nitrogen and oxygen atoms in total. The van der Waals surface area contributed by atoms with Gasteiger partial charge in [0.2, 0.25) is 0 Å². The molecule has 0 atom stereocenters. The molecule has 0 aliphatic heterocycles. The van der Waals surface area contributed by atoms with Crippen molar-refractivity contribution in [3.8, 4) is 0 Å². The number of benzene rings is 1. The molecule has 0 saturated heterocycles. The summed E-state index contributed by atoms with van der Waals surface area (Å²) in [6, 6.07) is 8.64. The number of aliphatic hydroxyl groups is 1. The number of ether oxygens (including phenoxy) is 1. The average molecular weight is 316 g/mol. The van der Waals surface area contributed by atoms with Gasteiger partial charge in [-0.2, -0.15) is 0 Å². The second-order valence-corrected chi connectivity index (χ2v) is 5.59. The van der Waals surface area contributed by atoms with Gasteiger partial charge in [0.15, 0.2) is 0 Å². The third kappa shape index (κ3) is 5.04. The van der Waals surface area contributed by atoms with Crippen molar-refractivity contribution in [1.29, 1.82) is 0 Å². The highest BCUT2D eigenvalue weighted by Gasteiger charge is 2.02. The summed E-state index contributed by atoms with van der Waals surface area (Å²) in [6.07, 6.45) is 0.956. The molecule has 112 valence electrons. The molecule has 5 heteroatoms. The summed E-state index contributed by atoms with van der Waals surface area (Å²) in [5, 5.41) is 12.3. The third-order valence-electron chi connectivity index (χ3n) is 3.20. The van der Waals surface area contributed by atoms with Gasteiger partial charge >= 0.3 is 0 Å². The van der Waals surface area contributed by atoms with Gasteiger partial charge in [0.1, 0.15) is 0 Å². The highest BCUT2D eigenvalue weighted by molar-refractivity contribution is 7.17. The summed E-state index contributed by atoms with van der Waals surface area (Å²) >= 11 is 1.78. The van der Waals surface area contributed by atoms with Crippen molar-refractivity contribution >= 4 is 33.8 Å². The molecule has 0 aliphatic rings. The summed E-state index contributed by atoms with van der Waals surface area (Å²) in [4.78, 5) is 2.07. The Bertz CT molecular complexity index is 503. The van der Waals surface area contributed by atoms with Crippen LogP contribution in [-0.4, -0.2) is 50.0 Å². The minimum atomic E-state index is 0. The number of hydrogen-bond donors (Lipinski definition) is 1. The first kappa shape index (κ1) is 17.4. The fraction of sp³-hybridized carbons (Fsp3) is 0.467. The van der Waals surface area contributed by atoms with Crippen molar-refractivity contribution in [2.45, 2.75) is 6.42 Å². The highest BCUT2D eigenvalue weighted by Crippen LogP contribution is 2.24. The fourth-order valence-corrected chi connectivity index (χ4v) is 2.90. The van der Waals surface area contributed by atoms with Crippen LogP contribution in [0.15, 0.2) is 29.6 Å². The van der Waals surface area contributed by atoms with E-state index >= 15 is 0 Å². The van der Waals surface area contributed by atoms with Crippen molar-refractivity contribution < 1.29 is 9.84 Å². The van der Waals surface area contributed by atoms with E-state index in [4.69, 9.17) is 9.84 Å². The molecule has 1 aromatic heterocycles. The fourth-order valence-electron chi connectivity index (χ4n) is 2.06. The maximum absolute atomic E-state index is 8.79. The van der Waals surface area contributed by atoms with Crippen molar-refractivity contribution in [2.75, 3.05) is 40.0 Å². The zero-order chi connectivity index (χ0) is 13.5. The minimum absolute atomic E-state index is 0. The number of likely N-dealkylation sites (N-methyl/N-ethyl adjacent to an activating group) is 1. The zero-order valence-electron chi connectivity index (χ0n) is 11.7. The number of fused-ring (bicyclic) bond motifs is 1. The Hall–Kier alpha value is -0.650. The third-order valence-corrected chi connectivity index (χ3v) is 4.08. The van der Waals surface area contributed by atoms with Crippen LogP contribution in [0.3, 0.4) is 0 Å². The van der Waals surface area contributed by atoms with Gasteiger partial charge in [-0.05, 0) is 41.9 Å². The van der Waals surface area contributed by atoms with Crippen LogP contribution in [0.5, 0.6) is 0 Å². The molecule has 0 fully saturated rings. The average Bonchev–Trinajstić information content (AvgIpc) is 2.87. The first-order chi connectivity index (χ1) is 9.31. The van der Waals surface area contributed by atoms with Gasteiger partial charge in [0.25, 0.3) is 0 Å². The van der Waals surface area contributed by atoms with Crippen LogP contribution in [0.4, 0.5) is 0 Å². The van der Waals surface area contributed by atoms with Crippen molar-refractivity contribution in [3.05, 3.63) is 35.2 Å². The molecule has 2 aromatic rings. The summed E-state index contributed by atoms with van der Waals surface area (Å²) in [5.74, 6) is 0. The predicted molar refractivity (Wildman–Crippen MR) is 88.2 cm³/mol. The molecule has 1 heterocycles. The molecule has 0 amide bonds. The van der Waals surface area contributed by atoms with Gasteiger partial charge in [-0.3, -0.25) is 0 Å². The Kier molecular flexibility index (Phi) is 8.11. The molecule has 1 N–H and O–H groups in total. The number of aliphatic hydroxyl groups excluding tert-OH is 1. The van der Waals surface area contributed by atoms with E-state index in [0.717, 1.165) is 26.2 Å². The predicted octanol–water partition coefficient (Wildman–Crippen LogP) is 2.81. The Balaban J connectivity index is 0.00000200. The number of rotatable bonds is 8. The van der Waals surface area contributed by atoms with E-state index in [9.17, 15) is 0 Å². The van der Waals surface area contributed by atoms with Crippen LogP contribution in [0.2, 0.25) is 0 Å². The lowest BCUT2D eigenvalue weighted by molar-refractivity contribution is 0.107. The molecule has 0 unspecified atom stereocenters. The van der Waals surface area contributed by atoms with E-state index < -0.39 is 0 Å². The summed E-state index contributed by atoms with van der Waals surface area (Å²) in [6.45, 7) is 3.25. The topological polar surface area (TPSA) is 32.7 Å². The molecule has 0 radical (unpaired) electrons. The van der Waals surface area contributed by atoms with E-state index in [-0.39, 0.29) is 19.0 Å². The van der Waals surface area contributed by atoms with Crippen LogP contribution in [0, 0.1) is 0 Å². The Morgan fingerprint density at radius 1 is 1.20 bits per heavy atom. The first-order valence-electron chi connectivity index (χ1n) is 6.63. The lowest BCUT2D eigenvalue weighted by Crippen LogP contribution is -2.26. The molecule has 0 saturated carbocycles. The quantitative estimate of drug-likeness (QED) is 0.760. The second-order valence-electron chi connectivity index (χ2n) is 4.64. The largest absolute Gasteiger partial charge is 0.395 e. The molecular formula is C15H22ClNO2S. The first-order valence-corrected chi connectivity index (χ1v) is 7.51. The van der Waals surface area contributed by atoms with E-state index in [2.05, 4.69) is 34.5 Å². The Morgan fingerprint density at radius 3 is 2.85 bits per heavy atom. The molecular weight excluding hydrogens is 294 g/mol. The van der Waals surface area contributed by atoms with Crippen LogP contribution in [0.25, 0.3) is 10.1 Å².